The fourth-order valence-corrected chi connectivity index (χ4v) is 5.37. The summed E-state index contributed by atoms with van der Waals surface area (Å²) in [5.74, 6) is 0.707. The minimum absolute atomic E-state index is 0.248. The summed E-state index contributed by atoms with van der Waals surface area (Å²) in [5.41, 5.74) is 3.41. The highest BCUT2D eigenvalue weighted by Crippen LogP contribution is 2.45. The minimum atomic E-state index is -0.592. The van der Waals surface area contributed by atoms with Gasteiger partial charge in [-0.15, -0.1) is 11.3 Å². The number of ether oxygens (including phenoxy) is 3. The smallest absolute Gasteiger partial charge is 0.342 e. The minimum Gasteiger partial charge on any atom is -0.494 e. The number of nitrogens with one attached hydrogen (secondary N) is 1. The van der Waals surface area contributed by atoms with Crippen LogP contribution in [0.25, 0.3) is 11.1 Å². The lowest BCUT2D eigenvalue weighted by Crippen LogP contribution is -2.25. The Balaban J connectivity index is 1.53. The maximum atomic E-state index is 13.8. The van der Waals surface area contributed by atoms with Gasteiger partial charge in [-0.3, -0.25) is 4.79 Å². The molecule has 0 fully saturated rings. The number of para-hydroxylation sites is 2. The average molecular weight is 514 g/mol. The lowest BCUT2D eigenvalue weighted by molar-refractivity contribution is -0.116. The zero-order valence-electron chi connectivity index (χ0n) is 20.8. The number of anilines is 1. The Morgan fingerprint density at radius 1 is 0.946 bits per heavy atom. The molecule has 0 radical (unpaired) electrons. The summed E-state index contributed by atoms with van der Waals surface area (Å²) in [6.07, 6.45) is -0.307. The first-order chi connectivity index (χ1) is 18.0. The third-order valence-electron chi connectivity index (χ3n) is 5.99. The number of carbonyl (C=O) groups is 2. The van der Waals surface area contributed by atoms with E-state index in [0.29, 0.717) is 34.2 Å². The number of thiophene rings is 1. The van der Waals surface area contributed by atoms with Gasteiger partial charge in [-0.2, -0.15) is 0 Å². The zero-order valence-corrected chi connectivity index (χ0v) is 21.6. The van der Waals surface area contributed by atoms with Crippen LogP contribution in [0.1, 0.15) is 48.2 Å². The van der Waals surface area contributed by atoms with E-state index >= 15 is 0 Å². The number of carbonyl (C=O) groups excluding carboxylic acids is 2. The van der Waals surface area contributed by atoms with Gasteiger partial charge in [-0.05, 0) is 50.6 Å². The Morgan fingerprint density at radius 2 is 1.57 bits per heavy atom. The van der Waals surface area contributed by atoms with Gasteiger partial charge in [-0.25, -0.2) is 4.79 Å². The van der Waals surface area contributed by atoms with Gasteiger partial charge in [0, 0.05) is 22.1 Å². The molecule has 4 aromatic rings. The highest BCUT2D eigenvalue weighted by Gasteiger charge is 2.34. The molecule has 6 nitrogen and oxygen atoms in total. The normalized spacial score (nSPS) is 12.3. The van der Waals surface area contributed by atoms with Crippen LogP contribution in [-0.4, -0.2) is 24.6 Å². The molecular formula is C30H27NO5S. The van der Waals surface area contributed by atoms with Gasteiger partial charge in [0.25, 0.3) is 0 Å². The molecule has 7 heteroatoms. The van der Waals surface area contributed by atoms with Crippen LogP contribution in [0.3, 0.4) is 0 Å². The largest absolute Gasteiger partial charge is 0.494 e. The monoisotopic (exact) mass is 513 g/mol. The van der Waals surface area contributed by atoms with Crippen molar-refractivity contribution in [1.29, 1.82) is 0 Å². The van der Waals surface area contributed by atoms with E-state index in [1.54, 1.807) is 13.8 Å². The van der Waals surface area contributed by atoms with Gasteiger partial charge in [0.15, 0.2) is 0 Å². The van der Waals surface area contributed by atoms with Crippen LogP contribution in [0, 0.1) is 0 Å². The second-order valence-corrected chi connectivity index (χ2v) is 9.74. The van der Waals surface area contributed by atoms with Gasteiger partial charge < -0.3 is 19.5 Å². The maximum Gasteiger partial charge on any atom is 0.342 e. The van der Waals surface area contributed by atoms with Crippen molar-refractivity contribution in [3.63, 3.8) is 0 Å². The van der Waals surface area contributed by atoms with Crippen molar-refractivity contribution in [2.24, 2.45) is 0 Å². The van der Waals surface area contributed by atoms with Crippen LogP contribution in [0.15, 0.2) is 78.2 Å². The van der Waals surface area contributed by atoms with Gasteiger partial charge in [-0.1, -0.05) is 48.5 Å². The second kappa shape index (κ2) is 10.5. The lowest BCUT2D eigenvalue weighted by Gasteiger charge is -2.27. The molecule has 0 bridgehead atoms. The molecule has 0 atom stereocenters. The van der Waals surface area contributed by atoms with Crippen molar-refractivity contribution < 1.29 is 23.8 Å². The predicted molar refractivity (Wildman–Crippen MR) is 145 cm³/mol. The molecule has 1 aliphatic heterocycles. The summed E-state index contributed by atoms with van der Waals surface area (Å²) in [6.45, 7) is 6.10. The van der Waals surface area contributed by atoms with E-state index in [2.05, 4.69) is 5.32 Å². The molecule has 1 amide bonds. The first-order valence-electron chi connectivity index (χ1n) is 12.2. The summed E-state index contributed by atoms with van der Waals surface area (Å²) < 4.78 is 17.2. The second-order valence-electron chi connectivity index (χ2n) is 8.86. The number of fused-ring (bicyclic) bond motifs is 2. The molecule has 37 heavy (non-hydrogen) atoms. The van der Waals surface area contributed by atoms with Crippen molar-refractivity contribution in [2.75, 3.05) is 11.9 Å². The number of rotatable bonds is 7. The molecule has 3 aromatic carbocycles. The number of amides is 1. The van der Waals surface area contributed by atoms with Gasteiger partial charge in [0.1, 0.15) is 27.8 Å². The Bertz CT molecular complexity index is 1400. The molecule has 2 heterocycles. The highest BCUT2D eigenvalue weighted by molar-refractivity contribution is 7.15. The number of hydrogen-bond acceptors (Lipinski definition) is 6. The maximum absolute atomic E-state index is 13.8. The summed E-state index contributed by atoms with van der Waals surface area (Å²) in [5, 5.41) is 5.35. The molecule has 0 unspecified atom stereocenters. The fraction of sp³-hybridized carbons (Fsp3) is 0.200. The number of benzene rings is 3. The van der Waals surface area contributed by atoms with E-state index in [4.69, 9.17) is 14.2 Å². The summed E-state index contributed by atoms with van der Waals surface area (Å²) >= 11 is 1.30. The van der Waals surface area contributed by atoms with Crippen LogP contribution in [0.2, 0.25) is 0 Å². The Hall–Kier alpha value is -4.10. The zero-order chi connectivity index (χ0) is 25.9. The molecule has 188 valence electrons. The van der Waals surface area contributed by atoms with Crippen LogP contribution >= 0.6 is 11.3 Å². The summed E-state index contributed by atoms with van der Waals surface area (Å²) in [4.78, 5) is 27.1. The molecular weight excluding hydrogens is 486 g/mol. The van der Waals surface area contributed by atoms with Crippen LogP contribution < -0.4 is 14.8 Å². The third kappa shape index (κ3) is 4.95. The molecule has 0 aliphatic carbocycles. The van der Waals surface area contributed by atoms with Crippen LogP contribution in [0.5, 0.6) is 17.2 Å². The quantitative estimate of drug-likeness (QED) is 0.263. The van der Waals surface area contributed by atoms with Crippen molar-refractivity contribution in [3.8, 4) is 28.4 Å². The first kappa shape index (κ1) is 24.6. The van der Waals surface area contributed by atoms with E-state index < -0.39 is 11.9 Å². The van der Waals surface area contributed by atoms with Gasteiger partial charge in [0.2, 0.25) is 5.91 Å². The molecule has 0 saturated heterocycles. The SMILES string of the molecule is CCOc1ccc(-c2csc(NC(=O)C3c4ccccc4Oc4ccccc43)c2C(=O)OC(C)C)cc1. The van der Waals surface area contributed by atoms with Gasteiger partial charge >= 0.3 is 5.97 Å². The standard InChI is InChI=1S/C30H27NO5S/c1-4-34-20-15-13-19(14-16-20)23-17-37-29(27(23)30(33)35-18(2)3)31-28(32)26-21-9-5-7-11-24(21)36-25-12-8-6-10-22(25)26/h5-18,26H,4H2,1-3H3,(H,31,32). The Kier molecular flexibility index (Phi) is 6.97. The van der Waals surface area contributed by atoms with Gasteiger partial charge in [0.05, 0.1) is 18.6 Å². The first-order valence-corrected chi connectivity index (χ1v) is 13.1. The Labute approximate surface area is 219 Å². The lowest BCUT2D eigenvalue weighted by atomic mass is 9.87. The summed E-state index contributed by atoms with van der Waals surface area (Å²) in [7, 11) is 0. The molecule has 0 spiro atoms. The van der Waals surface area contributed by atoms with Crippen molar-refractivity contribution in [3.05, 3.63) is 94.9 Å². The molecule has 5 rings (SSSR count). The molecule has 1 N–H and O–H groups in total. The third-order valence-corrected chi connectivity index (χ3v) is 6.89. The molecule has 1 aliphatic rings. The van der Waals surface area contributed by atoms with Crippen molar-refractivity contribution in [2.45, 2.75) is 32.8 Å². The average Bonchev–Trinajstić information content (AvgIpc) is 3.31. The number of hydrogen-bond donors (Lipinski definition) is 1. The topological polar surface area (TPSA) is 73.9 Å². The predicted octanol–water partition coefficient (Wildman–Crippen LogP) is 7.26. The van der Waals surface area contributed by atoms with Crippen LogP contribution in [0.4, 0.5) is 5.00 Å². The molecule has 0 saturated carbocycles. The van der Waals surface area contributed by atoms with Crippen LogP contribution in [-0.2, 0) is 9.53 Å². The highest BCUT2D eigenvalue weighted by atomic mass is 32.1. The van der Waals surface area contributed by atoms with E-state index in [1.165, 1.54) is 11.3 Å². The van der Waals surface area contributed by atoms with E-state index in [1.807, 2.05) is 85.1 Å². The molecule has 1 aromatic heterocycles. The van der Waals surface area contributed by atoms with E-state index in [0.717, 1.165) is 22.4 Å². The fourth-order valence-electron chi connectivity index (χ4n) is 4.41. The van der Waals surface area contributed by atoms with Crippen molar-refractivity contribution >= 4 is 28.2 Å². The Morgan fingerprint density at radius 3 is 2.16 bits per heavy atom. The van der Waals surface area contributed by atoms with E-state index in [-0.39, 0.29) is 12.0 Å². The van der Waals surface area contributed by atoms with Crippen molar-refractivity contribution in [1.82, 2.24) is 0 Å². The van der Waals surface area contributed by atoms with E-state index in [9.17, 15) is 9.59 Å². The summed E-state index contributed by atoms with van der Waals surface area (Å²) in [6, 6.07) is 22.5. The number of esters is 1.